The zero-order valence-corrected chi connectivity index (χ0v) is 18.0. The normalized spacial score (nSPS) is 18.1. The number of hydrogen-bond donors (Lipinski definition) is 1. The van der Waals surface area contributed by atoms with E-state index in [9.17, 15) is 9.59 Å². The van der Waals surface area contributed by atoms with Gasteiger partial charge in [-0.15, -0.1) is 0 Å². The van der Waals surface area contributed by atoms with E-state index in [1.807, 2.05) is 20.0 Å². The standard InChI is InChI=1S/C24H31N3O2/c1-16-21-18(13-24(2,3)14-20(21)28)25-22(16)23(29)26(4)15-17-9-5-6-10-19(17)27-11-7-8-12-27/h5-6,9-10,25H,7-8,11-15H2,1-4H3. The topological polar surface area (TPSA) is 56.4 Å². The van der Waals surface area contributed by atoms with Crippen molar-refractivity contribution < 1.29 is 9.59 Å². The molecule has 1 aliphatic heterocycles. The number of para-hydroxylation sites is 1. The molecule has 0 unspecified atom stereocenters. The van der Waals surface area contributed by atoms with Crippen molar-refractivity contribution in [1.29, 1.82) is 0 Å². The molecule has 0 bridgehead atoms. The summed E-state index contributed by atoms with van der Waals surface area (Å²) in [4.78, 5) is 33.4. The Morgan fingerprint density at radius 1 is 1.17 bits per heavy atom. The molecule has 0 atom stereocenters. The van der Waals surface area contributed by atoms with Crippen LogP contribution in [-0.2, 0) is 13.0 Å². The zero-order chi connectivity index (χ0) is 20.8. The second kappa shape index (κ2) is 7.36. The Morgan fingerprint density at radius 2 is 1.86 bits per heavy atom. The van der Waals surface area contributed by atoms with Crippen LogP contribution in [0.1, 0.15) is 70.8 Å². The molecule has 1 aromatic carbocycles. The number of carbonyl (C=O) groups is 2. The number of benzene rings is 1. The molecule has 5 nitrogen and oxygen atoms in total. The largest absolute Gasteiger partial charge is 0.371 e. The summed E-state index contributed by atoms with van der Waals surface area (Å²) in [6, 6.07) is 8.36. The lowest BCUT2D eigenvalue weighted by atomic mass is 9.75. The fraction of sp³-hybridized carbons (Fsp3) is 0.500. The van der Waals surface area contributed by atoms with E-state index in [1.54, 1.807) is 4.90 Å². The number of nitrogens with zero attached hydrogens (tertiary/aromatic N) is 2. The number of nitrogens with one attached hydrogen (secondary N) is 1. The molecule has 1 N–H and O–H groups in total. The monoisotopic (exact) mass is 393 g/mol. The molecule has 29 heavy (non-hydrogen) atoms. The number of rotatable bonds is 4. The van der Waals surface area contributed by atoms with Gasteiger partial charge in [0, 0.05) is 50.0 Å². The van der Waals surface area contributed by atoms with Crippen molar-refractivity contribution in [1.82, 2.24) is 9.88 Å². The summed E-state index contributed by atoms with van der Waals surface area (Å²) >= 11 is 0. The number of aromatic amines is 1. The number of H-pyrrole nitrogens is 1. The Hall–Kier alpha value is -2.56. The highest BCUT2D eigenvalue weighted by Crippen LogP contribution is 2.37. The summed E-state index contributed by atoms with van der Waals surface area (Å²) in [6.45, 7) is 8.81. The summed E-state index contributed by atoms with van der Waals surface area (Å²) in [7, 11) is 1.84. The smallest absolute Gasteiger partial charge is 0.270 e. The minimum absolute atomic E-state index is 0.0567. The van der Waals surface area contributed by atoms with Crippen LogP contribution in [0.5, 0.6) is 0 Å². The number of aromatic nitrogens is 1. The molecule has 1 aromatic heterocycles. The minimum Gasteiger partial charge on any atom is -0.371 e. The van der Waals surface area contributed by atoms with Crippen molar-refractivity contribution >= 4 is 17.4 Å². The van der Waals surface area contributed by atoms with Gasteiger partial charge in [0.2, 0.25) is 0 Å². The number of fused-ring (bicyclic) bond motifs is 1. The quantitative estimate of drug-likeness (QED) is 0.840. The number of amides is 1. The van der Waals surface area contributed by atoms with E-state index >= 15 is 0 Å². The average Bonchev–Trinajstić information content (AvgIpc) is 3.29. The summed E-state index contributed by atoms with van der Waals surface area (Å²) < 4.78 is 0. The Bertz CT molecular complexity index is 951. The van der Waals surface area contributed by atoms with Gasteiger partial charge in [0.1, 0.15) is 5.69 Å². The van der Waals surface area contributed by atoms with E-state index < -0.39 is 0 Å². The molecule has 1 saturated heterocycles. The second-order valence-corrected chi connectivity index (χ2v) is 9.40. The van der Waals surface area contributed by atoms with E-state index in [2.05, 4.69) is 41.9 Å². The first-order valence-electron chi connectivity index (χ1n) is 10.6. The van der Waals surface area contributed by atoms with E-state index in [0.717, 1.165) is 41.9 Å². The number of ketones is 1. The lowest BCUT2D eigenvalue weighted by Crippen LogP contribution is -2.28. The zero-order valence-electron chi connectivity index (χ0n) is 18.0. The summed E-state index contributed by atoms with van der Waals surface area (Å²) in [5.74, 6) is 0.0878. The van der Waals surface area contributed by atoms with Crippen LogP contribution in [-0.4, -0.2) is 41.7 Å². The predicted octanol–water partition coefficient (Wildman–Crippen LogP) is 4.35. The van der Waals surface area contributed by atoms with Crippen LogP contribution in [0.15, 0.2) is 24.3 Å². The molecule has 2 aliphatic rings. The summed E-state index contributed by atoms with van der Waals surface area (Å²) in [6.07, 6.45) is 3.77. The van der Waals surface area contributed by atoms with Crippen LogP contribution in [0, 0.1) is 12.3 Å². The van der Waals surface area contributed by atoms with Gasteiger partial charge < -0.3 is 14.8 Å². The van der Waals surface area contributed by atoms with Crippen molar-refractivity contribution in [2.24, 2.45) is 5.41 Å². The van der Waals surface area contributed by atoms with Crippen LogP contribution in [0.4, 0.5) is 5.69 Å². The molecule has 5 heteroatoms. The van der Waals surface area contributed by atoms with Crippen LogP contribution < -0.4 is 4.90 Å². The molecule has 0 spiro atoms. The predicted molar refractivity (Wildman–Crippen MR) is 116 cm³/mol. The van der Waals surface area contributed by atoms with Crippen LogP contribution in [0.25, 0.3) is 0 Å². The van der Waals surface area contributed by atoms with Gasteiger partial charge in [0.05, 0.1) is 0 Å². The van der Waals surface area contributed by atoms with Gasteiger partial charge >= 0.3 is 0 Å². The van der Waals surface area contributed by atoms with Gasteiger partial charge in [-0.1, -0.05) is 32.0 Å². The molecule has 1 amide bonds. The van der Waals surface area contributed by atoms with Crippen molar-refractivity contribution in [3.63, 3.8) is 0 Å². The lowest BCUT2D eigenvalue weighted by molar-refractivity contribution is 0.0779. The highest BCUT2D eigenvalue weighted by Gasteiger charge is 2.35. The highest BCUT2D eigenvalue weighted by atomic mass is 16.2. The average molecular weight is 394 g/mol. The fourth-order valence-electron chi connectivity index (χ4n) is 4.88. The molecular formula is C24H31N3O2. The first-order chi connectivity index (χ1) is 13.8. The Kier molecular flexibility index (Phi) is 5.01. The first kappa shape index (κ1) is 19.7. The minimum atomic E-state index is -0.0672. The maximum absolute atomic E-state index is 13.3. The van der Waals surface area contributed by atoms with E-state index in [4.69, 9.17) is 0 Å². The molecule has 4 rings (SSSR count). The molecule has 2 aromatic rings. The number of hydrogen-bond acceptors (Lipinski definition) is 3. The third-order valence-electron chi connectivity index (χ3n) is 6.31. The maximum atomic E-state index is 13.3. The molecule has 1 aliphatic carbocycles. The molecule has 2 heterocycles. The molecular weight excluding hydrogens is 362 g/mol. The van der Waals surface area contributed by atoms with E-state index in [0.29, 0.717) is 18.7 Å². The third-order valence-corrected chi connectivity index (χ3v) is 6.31. The van der Waals surface area contributed by atoms with E-state index in [-0.39, 0.29) is 17.1 Å². The highest BCUT2D eigenvalue weighted by molar-refractivity contribution is 6.04. The third kappa shape index (κ3) is 3.70. The number of anilines is 1. The van der Waals surface area contributed by atoms with Gasteiger partial charge in [-0.05, 0) is 48.8 Å². The molecule has 1 fully saturated rings. The van der Waals surface area contributed by atoms with Gasteiger partial charge in [-0.3, -0.25) is 9.59 Å². The van der Waals surface area contributed by atoms with E-state index in [1.165, 1.54) is 18.5 Å². The van der Waals surface area contributed by atoms with Crippen LogP contribution in [0.2, 0.25) is 0 Å². The number of carbonyl (C=O) groups excluding carboxylic acids is 2. The maximum Gasteiger partial charge on any atom is 0.270 e. The Labute approximate surface area is 173 Å². The Morgan fingerprint density at radius 3 is 2.59 bits per heavy atom. The van der Waals surface area contributed by atoms with Gasteiger partial charge in [0.15, 0.2) is 5.78 Å². The second-order valence-electron chi connectivity index (χ2n) is 9.40. The summed E-state index contributed by atoms with van der Waals surface area (Å²) in [5.41, 5.74) is 5.33. The van der Waals surface area contributed by atoms with Crippen LogP contribution in [0.3, 0.4) is 0 Å². The van der Waals surface area contributed by atoms with Gasteiger partial charge in [-0.25, -0.2) is 0 Å². The van der Waals surface area contributed by atoms with Crippen LogP contribution >= 0.6 is 0 Å². The lowest BCUT2D eigenvalue weighted by Gasteiger charge is -2.28. The summed E-state index contributed by atoms with van der Waals surface area (Å²) in [5, 5.41) is 0. The SMILES string of the molecule is Cc1c(C(=O)N(C)Cc2ccccc2N2CCCC2)[nH]c2c1C(=O)CC(C)(C)C2. The molecule has 0 saturated carbocycles. The molecule has 0 radical (unpaired) electrons. The molecule has 154 valence electrons. The Balaban J connectivity index is 1.58. The van der Waals surface area contributed by atoms with Gasteiger partial charge in [0.25, 0.3) is 5.91 Å². The van der Waals surface area contributed by atoms with Crippen molar-refractivity contribution in [3.05, 3.63) is 52.3 Å². The fourth-order valence-corrected chi connectivity index (χ4v) is 4.88. The van der Waals surface area contributed by atoms with Crippen molar-refractivity contribution in [3.8, 4) is 0 Å². The first-order valence-corrected chi connectivity index (χ1v) is 10.6. The number of Topliss-reactive ketones (excluding diaryl/α,β-unsaturated/α-hetero) is 1. The van der Waals surface area contributed by atoms with Crippen molar-refractivity contribution in [2.75, 3.05) is 25.0 Å². The van der Waals surface area contributed by atoms with Gasteiger partial charge in [-0.2, -0.15) is 0 Å². The van der Waals surface area contributed by atoms with Crippen molar-refractivity contribution in [2.45, 2.75) is 53.0 Å².